The predicted octanol–water partition coefficient (Wildman–Crippen LogP) is 2.66. The highest BCUT2D eigenvalue weighted by Crippen LogP contribution is 2.24. The van der Waals surface area contributed by atoms with E-state index in [2.05, 4.69) is 31.2 Å². The van der Waals surface area contributed by atoms with E-state index in [1.54, 1.807) is 17.3 Å². The molecule has 0 saturated carbocycles. The summed E-state index contributed by atoms with van der Waals surface area (Å²) >= 11 is 3.28. The monoisotopic (exact) mass is 342 g/mol. The van der Waals surface area contributed by atoms with E-state index >= 15 is 0 Å². The lowest BCUT2D eigenvalue weighted by Gasteiger charge is -2.46. The second-order valence-corrected chi connectivity index (χ2v) is 6.66. The van der Waals surface area contributed by atoms with Gasteiger partial charge < -0.3 is 15.0 Å². The standard InChI is InChI=1S/C13H19BrN4O2/c1-8-9(16-11-6-15-5-10(14)17-11)7-18(8)12(19)20-13(2,3)4/h5-6,8-9H,7H2,1-4H3,(H,16,17). The van der Waals surface area contributed by atoms with Gasteiger partial charge >= 0.3 is 6.09 Å². The molecule has 0 bridgehead atoms. The van der Waals surface area contributed by atoms with Crippen LogP contribution >= 0.6 is 15.9 Å². The number of carbonyl (C=O) groups is 1. The van der Waals surface area contributed by atoms with Crippen molar-refractivity contribution in [2.24, 2.45) is 0 Å². The number of hydrogen-bond donors (Lipinski definition) is 1. The molecule has 1 amide bonds. The van der Waals surface area contributed by atoms with Crippen molar-refractivity contribution < 1.29 is 9.53 Å². The van der Waals surface area contributed by atoms with Crippen molar-refractivity contribution in [3.8, 4) is 0 Å². The first-order valence-corrected chi connectivity index (χ1v) is 7.29. The van der Waals surface area contributed by atoms with Gasteiger partial charge in [-0.15, -0.1) is 0 Å². The first kappa shape index (κ1) is 15.0. The van der Waals surface area contributed by atoms with Crippen LogP contribution in [0.3, 0.4) is 0 Å². The summed E-state index contributed by atoms with van der Waals surface area (Å²) in [7, 11) is 0. The highest BCUT2D eigenvalue weighted by molar-refractivity contribution is 9.10. The minimum absolute atomic E-state index is 0.0608. The Labute approximate surface area is 127 Å². The lowest BCUT2D eigenvalue weighted by Crippen LogP contribution is -2.64. The van der Waals surface area contributed by atoms with Gasteiger partial charge in [0.05, 0.1) is 24.5 Å². The molecule has 2 heterocycles. The Morgan fingerprint density at radius 2 is 2.20 bits per heavy atom. The van der Waals surface area contributed by atoms with E-state index in [1.165, 1.54) is 0 Å². The van der Waals surface area contributed by atoms with Crippen LogP contribution in [0.15, 0.2) is 17.0 Å². The van der Waals surface area contributed by atoms with Crippen LogP contribution < -0.4 is 5.32 Å². The molecule has 1 aliphatic rings. The van der Waals surface area contributed by atoms with E-state index in [9.17, 15) is 4.79 Å². The van der Waals surface area contributed by atoms with Gasteiger partial charge in [-0.2, -0.15) is 0 Å². The Balaban J connectivity index is 1.89. The number of ether oxygens (including phenoxy) is 1. The Hall–Kier alpha value is -1.37. The summed E-state index contributed by atoms with van der Waals surface area (Å²) in [5.74, 6) is 0.695. The number of likely N-dealkylation sites (tertiary alicyclic amines) is 1. The van der Waals surface area contributed by atoms with Gasteiger partial charge in [0.2, 0.25) is 0 Å². The topological polar surface area (TPSA) is 67.4 Å². The molecule has 0 aromatic carbocycles. The zero-order valence-corrected chi connectivity index (χ0v) is 13.6. The van der Waals surface area contributed by atoms with Crippen LogP contribution in [0.5, 0.6) is 0 Å². The van der Waals surface area contributed by atoms with Crippen LogP contribution in [0.4, 0.5) is 10.6 Å². The second kappa shape index (κ2) is 5.55. The Morgan fingerprint density at radius 1 is 1.50 bits per heavy atom. The molecule has 0 aliphatic carbocycles. The van der Waals surface area contributed by atoms with Crippen molar-refractivity contribution in [3.05, 3.63) is 17.0 Å². The number of rotatable bonds is 2. The highest BCUT2D eigenvalue weighted by atomic mass is 79.9. The second-order valence-electron chi connectivity index (χ2n) is 5.85. The highest BCUT2D eigenvalue weighted by Gasteiger charge is 2.40. The van der Waals surface area contributed by atoms with Crippen LogP contribution in [-0.4, -0.2) is 45.2 Å². The molecule has 2 unspecified atom stereocenters. The summed E-state index contributed by atoms with van der Waals surface area (Å²) in [6, 6.07) is 0.219. The summed E-state index contributed by atoms with van der Waals surface area (Å²) in [6.07, 6.45) is 3.01. The molecule has 1 aromatic rings. The SMILES string of the molecule is CC1C(Nc2cncc(Br)n2)CN1C(=O)OC(C)(C)C. The quantitative estimate of drug-likeness (QED) is 0.894. The predicted molar refractivity (Wildman–Crippen MR) is 79.5 cm³/mol. The zero-order chi connectivity index (χ0) is 14.9. The van der Waals surface area contributed by atoms with Crippen LogP contribution in [0, 0.1) is 0 Å². The van der Waals surface area contributed by atoms with E-state index in [4.69, 9.17) is 4.74 Å². The van der Waals surface area contributed by atoms with Crippen LogP contribution in [-0.2, 0) is 4.74 Å². The summed E-state index contributed by atoms with van der Waals surface area (Å²) in [5.41, 5.74) is -0.467. The number of nitrogens with one attached hydrogen (secondary N) is 1. The molecule has 1 saturated heterocycles. The van der Waals surface area contributed by atoms with Gasteiger partial charge in [-0.3, -0.25) is 4.98 Å². The number of nitrogens with zero attached hydrogens (tertiary/aromatic N) is 3. The fourth-order valence-electron chi connectivity index (χ4n) is 1.94. The van der Waals surface area contributed by atoms with Gasteiger partial charge in [-0.25, -0.2) is 9.78 Å². The van der Waals surface area contributed by atoms with Gasteiger partial charge in [-0.05, 0) is 43.6 Å². The summed E-state index contributed by atoms with van der Waals surface area (Å²) in [6.45, 7) is 8.17. The third-order valence-corrected chi connectivity index (χ3v) is 3.42. The van der Waals surface area contributed by atoms with E-state index in [0.717, 1.165) is 0 Å². The maximum absolute atomic E-state index is 11.9. The molecule has 2 atom stereocenters. The third-order valence-electron chi connectivity index (χ3n) is 3.03. The number of carbonyl (C=O) groups excluding carboxylic acids is 1. The smallest absolute Gasteiger partial charge is 0.410 e. The Bertz CT molecular complexity index is 503. The van der Waals surface area contributed by atoms with Gasteiger partial charge in [0, 0.05) is 6.54 Å². The third kappa shape index (κ3) is 3.59. The molecular weight excluding hydrogens is 324 g/mol. The van der Waals surface area contributed by atoms with Gasteiger partial charge in [-0.1, -0.05) is 0 Å². The zero-order valence-electron chi connectivity index (χ0n) is 12.1. The molecule has 7 heteroatoms. The van der Waals surface area contributed by atoms with Crippen LogP contribution in [0.2, 0.25) is 0 Å². The largest absolute Gasteiger partial charge is 0.444 e. The number of amides is 1. The van der Waals surface area contributed by atoms with Crippen molar-refractivity contribution in [2.45, 2.75) is 45.4 Å². The molecule has 2 rings (SSSR count). The summed E-state index contributed by atoms with van der Waals surface area (Å²) in [5, 5.41) is 3.26. The number of anilines is 1. The number of halogens is 1. The molecule has 20 heavy (non-hydrogen) atoms. The molecule has 110 valence electrons. The average molecular weight is 343 g/mol. The maximum atomic E-state index is 11.9. The minimum atomic E-state index is -0.467. The van der Waals surface area contributed by atoms with Gasteiger partial charge in [0.25, 0.3) is 0 Å². The molecule has 1 N–H and O–H groups in total. The van der Waals surface area contributed by atoms with E-state index in [-0.39, 0.29) is 18.2 Å². The fourth-order valence-corrected chi connectivity index (χ4v) is 2.25. The molecule has 1 aliphatic heterocycles. The van der Waals surface area contributed by atoms with Gasteiger partial charge in [0.15, 0.2) is 0 Å². The van der Waals surface area contributed by atoms with Crippen LogP contribution in [0.25, 0.3) is 0 Å². The maximum Gasteiger partial charge on any atom is 0.410 e. The van der Waals surface area contributed by atoms with Crippen molar-refractivity contribution in [1.29, 1.82) is 0 Å². The lowest BCUT2D eigenvalue weighted by atomic mass is 9.99. The first-order valence-electron chi connectivity index (χ1n) is 6.50. The molecule has 1 fully saturated rings. The van der Waals surface area contributed by atoms with E-state index < -0.39 is 5.60 Å². The average Bonchev–Trinajstić information content (AvgIpc) is 2.31. The minimum Gasteiger partial charge on any atom is -0.444 e. The molecule has 1 aromatic heterocycles. The first-order chi connectivity index (χ1) is 9.26. The van der Waals surface area contributed by atoms with E-state index in [0.29, 0.717) is 17.0 Å². The Kier molecular flexibility index (Phi) is 4.17. The van der Waals surface area contributed by atoms with Crippen molar-refractivity contribution in [2.75, 3.05) is 11.9 Å². The summed E-state index contributed by atoms with van der Waals surface area (Å²) in [4.78, 5) is 22.0. The molecule has 0 spiro atoms. The van der Waals surface area contributed by atoms with Crippen molar-refractivity contribution in [3.63, 3.8) is 0 Å². The van der Waals surface area contributed by atoms with Gasteiger partial charge in [0.1, 0.15) is 16.0 Å². The molecular formula is C13H19BrN4O2. The van der Waals surface area contributed by atoms with Crippen molar-refractivity contribution >= 4 is 27.8 Å². The molecule has 6 nitrogen and oxygen atoms in total. The fraction of sp³-hybridized carbons (Fsp3) is 0.615. The normalized spacial score (nSPS) is 22.1. The number of hydrogen-bond acceptors (Lipinski definition) is 5. The summed E-state index contributed by atoms with van der Waals surface area (Å²) < 4.78 is 6.03. The number of aromatic nitrogens is 2. The molecule has 0 radical (unpaired) electrons. The van der Waals surface area contributed by atoms with Crippen LogP contribution in [0.1, 0.15) is 27.7 Å². The Morgan fingerprint density at radius 3 is 2.75 bits per heavy atom. The lowest BCUT2D eigenvalue weighted by molar-refractivity contribution is -0.00598. The van der Waals surface area contributed by atoms with E-state index in [1.807, 2.05) is 27.7 Å². The van der Waals surface area contributed by atoms with Crippen molar-refractivity contribution in [1.82, 2.24) is 14.9 Å².